The number of nitrogens with one attached hydrogen (secondary N) is 1. The molecule has 0 aliphatic heterocycles. The van der Waals surface area contributed by atoms with Crippen LogP contribution in [0.2, 0.25) is 0 Å². The lowest BCUT2D eigenvalue weighted by atomic mass is 10.2. The number of ether oxygens (including phenoxy) is 3. The molecule has 0 heterocycles. The summed E-state index contributed by atoms with van der Waals surface area (Å²) in [6, 6.07) is 11.8. The lowest BCUT2D eigenvalue weighted by Gasteiger charge is -2.17. The molecule has 0 unspecified atom stereocenters. The first-order valence-electron chi connectivity index (χ1n) is 7.44. The fraction of sp³-hybridized carbons (Fsp3) is 0.222. The highest BCUT2D eigenvalue weighted by atomic mass is 79.9. The van der Waals surface area contributed by atoms with Gasteiger partial charge in [-0.25, -0.2) is 4.79 Å². The van der Waals surface area contributed by atoms with Crippen LogP contribution in [0.5, 0.6) is 11.5 Å². The Morgan fingerprint density at radius 1 is 1.08 bits per heavy atom. The first-order chi connectivity index (χ1) is 11.9. The Hall–Kier alpha value is -2.54. The van der Waals surface area contributed by atoms with Gasteiger partial charge in [0.2, 0.25) is 0 Å². The third kappa shape index (κ3) is 4.96. The van der Waals surface area contributed by atoms with E-state index in [4.69, 9.17) is 14.2 Å². The maximum atomic E-state index is 12.3. The van der Waals surface area contributed by atoms with Gasteiger partial charge in [0.1, 0.15) is 17.1 Å². The molecule has 0 fully saturated rings. The average molecular weight is 408 g/mol. The molecule has 2 aromatic rings. The molecule has 25 heavy (non-hydrogen) atoms. The van der Waals surface area contributed by atoms with Crippen molar-refractivity contribution in [3.05, 3.63) is 52.5 Å². The van der Waals surface area contributed by atoms with E-state index in [-0.39, 0.29) is 17.2 Å². The van der Waals surface area contributed by atoms with Crippen LogP contribution in [0, 0.1) is 0 Å². The van der Waals surface area contributed by atoms with Gasteiger partial charge in [-0.15, -0.1) is 0 Å². The highest BCUT2D eigenvalue weighted by molar-refractivity contribution is 9.10. The van der Waals surface area contributed by atoms with E-state index in [1.807, 2.05) is 12.1 Å². The van der Waals surface area contributed by atoms with Crippen LogP contribution >= 0.6 is 15.9 Å². The van der Waals surface area contributed by atoms with E-state index in [1.165, 1.54) is 26.4 Å². The van der Waals surface area contributed by atoms with Crippen LogP contribution in [0.25, 0.3) is 0 Å². The molecule has 0 spiro atoms. The van der Waals surface area contributed by atoms with Crippen LogP contribution in [-0.2, 0) is 9.53 Å². The zero-order chi connectivity index (χ0) is 18.4. The molecule has 0 bridgehead atoms. The summed E-state index contributed by atoms with van der Waals surface area (Å²) in [5.74, 6) is -0.188. The molecule has 0 saturated heterocycles. The van der Waals surface area contributed by atoms with Gasteiger partial charge in [-0.05, 0) is 43.3 Å². The zero-order valence-corrected chi connectivity index (χ0v) is 15.6. The fourth-order valence-corrected chi connectivity index (χ4v) is 2.29. The van der Waals surface area contributed by atoms with Crippen molar-refractivity contribution < 1.29 is 23.8 Å². The summed E-state index contributed by atoms with van der Waals surface area (Å²) in [6.07, 6.45) is -0.834. The predicted molar refractivity (Wildman–Crippen MR) is 97.2 cm³/mol. The second-order valence-electron chi connectivity index (χ2n) is 5.11. The Balaban J connectivity index is 2.15. The van der Waals surface area contributed by atoms with E-state index in [1.54, 1.807) is 25.1 Å². The Kier molecular flexibility index (Phi) is 6.41. The van der Waals surface area contributed by atoms with Crippen LogP contribution in [0.15, 0.2) is 46.9 Å². The Morgan fingerprint density at radius 3 is 2.36 bits per heavy atom. The molecule has 0 radical (unpaired) electrons. The third-order valence-electron chi connectivity index (χ3n) is 3.38. The van der Waals surface area contributed by atoms with E-state index in [2.05, 4.69) is 21.2 Å². The molecule has 6 nitrogen and oxygen atoms in total. The molecule has 0 aliphatic rings. The van der Waals surface area contributed by atoms with Gasteiger partial charge in [-0.3, -0.25) is 4.79 Å². The molecular weight excluding hydrogens is 390 g/mol. The van der Waals surface area contributed by atoms with Crippen LogP contribution < -0.4 is 14.8 Å². The number of carbonyl (C=O) groups excluding carboxylic acids is 2. The summed E-state index contributed by atoms with van der Waals surface area (Å²) >= 11 is 3.33. The smallest absolute Gasteiger partial charge is 0.341 e. The predicted octanol–water partition coefficient (Wildman–Crippen LogP) is 3.65. The van der Waals surface area contributed by atoms with Crippen LogP contribution in [0.3, 0.4) is 0 Å². The lowest BCUT2D eigenvalue weighted by molar-refractivity contribution is -0.122. The molecular formula is C18H18BrNO5. The standard InChI is InChI=1S/C18H18BrNO5/c1-11(17(21)20-13-6-4-12(19)5-7-13)25-16-10-14(23-2)8-9-15(16)18(22)24-3/h4-11H,1-3H3,(H,20,21)/t11-/m1/s1. The van der Waals surface area contributed by atoms with E-state index in [0.717, 1.165) is 4.47 Å². The van der Waals surface area contributed by atoms with Gasteiger partial charge >= 0.3 is 5.97 Å². The summed E-state index contributed by atoms with van der Waals surface area (Å²) in [6.45, 7) is 1.59. The minimum Gasteiger partial charge on any atom is -0.497 e. The number of halogens is 1. The number of benzene rings is 2. The van der Waals surface area contributed by atoms with Crippen molar-refractivity contribution in [1.29, 1.82) is 0 Å². The highest BCUT2D eigenvalue weighted by Crippen LogP contribution is 2.26. The van der Waals surface area contributed by atoms with E-state index in [0.29, 0.717) is 11.4 Å². The first-order valence-corrected chi connectivity index (χ1v) is 8.23. The van der Waals surface area contributed by atoms with Crippen LogP contribution in [0.1, 0.15) is 17.3 Å². The van der Waals surface area contributed by atoms with Crippen LogP contribution in [-0.4, -0.2) is 32.2 Å². The topological polar surface area (TPSA) is 73.9 Å². The number of hydrogen-bond acceptors (Lipinski definition) is 5. The molecule has 1 atom stereocenters. The Labute approximate surface area is 154 Å². The quantitative estimate of drug-likeness (QED) is 0.739. The molecule has 7 heteroatoms. The first kappa shape index (κ1) is 18.8. The lowest BCUT2D eigenvalue weighted by Crippen LogP contribution is -2.30. The fourth-order valence-electron chi connectivity index (χ4n) is 2.03. The largest absolute Gasteiger partial charge is 0.497 e. The van der Waals surface area contributed by atoms with Crippen molar-refractivity contribution in [3.63, 3.8) is 0 Å². The number of methoxy groups -OCH3 is 2. The number of rotatable bonds is 6. The monoisotopic (exact) mass is 407 g/mol. The maximum Gasteiger partial charge on any atom is 0.341 e. The van der Waals surface area contributed by atoms with Gasteiger partial charge in [0.15, 0.2) is 6.10 Å². The third-order valence-corrected chi connectivity index (χ3v) is 3.91. The molecule has 132 valence electrons. The van der Waals surface area contributed by atoms with Crippen molar-refractivity contribution in [2.75, 3.05) is 19.5 Å². The average Bonchev–Trinajstić information content (AvgIpc) is 2.62. The second-order valence-corrected chi connectivity index (χ2v) is 6.03. The number of amides is 1. The molecule has 0 aliphatic carbocycles. The second kappa shape index (κ2) is 8.53. The summed E-state index contributed by atoms with van der Waals surface area (Å²) in [7, 11) is 2.78. The SMILES string of the molecule is COC(=O)c1ccc(OC)cc1O[C@H](C)C(=O)Nc1ccc(Br)cc1. The summed E-state index contributed by atoms with van der Waals surface area (Å²) < 4.78 is 16.4. The summed E-state index contributed by atoms with van der Waals surface area (Å²) in [4.78, 5) is 24.2. The minimum atomic E-state index is -0.834. The molecule has 2 rings (SSSR count). The maximum absolute atomic E-state index is 12.3. The Bertz CT molecular complexity index is 761. The molecule has 2 aromatic carbocycles. The number of esters is 1. The Morgan fingerprint density at radius 2 is 1.76 bits per heavy atom. The van der Waals surface area contributed by atoms with Crippen LogP contribution in [0.4, 0.5) is 5.69 Å². The summed E-state index contributed by atoms with van der Waals surface area (Å²) in [5.41, 5.74) is 0.856. The van der Waals surface area contributed by atoms with Gasteiger partial charge in [0, 0.05) is 16.2 Å². The van der Waals surface area contributed by atoms with Crippen molar-refractivity contribution >= 4 is 33.5 Å². The van der Waals surface area contributed by atoms with Gasteiger partial charge in [0.25, 0.3) is 5.91 Å². The van der Waals surface area contributed by atoms with Gasteiger partial charge in [0.05, 0.1) is 14.2 Å². The zero-order valence-electron chi connectivity index (χ0n) is 14.0. The molecule has 0 saturated carbocycles. The summed E-state index contributed by atoms with van der Waals surface area (Å²) in [5, 5.41) is 2.75. The highest BCUT2D eigenvalue weighted by Gasteiger charge is 2.20. The van der Waals surface area contributed by atoms with Crippen molar-refractivity contribution in [1.82, 2.24) is 0 Å². The number of carbonyl (C=O) groups is 2. The van der Waals surface area contributed by atoms with Crippen molar-refractivity contribution in [3.8, 4) is 11.5 Å². The number of anilines is 1. The molecule has 1 N–H and O–H groups in total. The van der Waals surface area contributed by atoms with E-state index in [9.17, 15) is 9.59 Å². The normalized spacial score (nSPS) is 11.4. The van der Waals surface area contributed by atoms with E-state index >= 15 is 0 Å². The van der Waals surface area contributed by atoms with E-state index < -0.39 is 12.1 Å². The molecule has 0 aromatic heterocycles. The molecule has 1 amide bonds. The van der Waals surface area contributed by atoms with Gasteiger partial charge in [-0.2, -0.15) is 0 Å². The van der Waals surface area contributed by atoms with Gasteiger partial charge in [-0.1, -0.05) is 15.9 Å². The van der Waals surface area contributed by atoms with Crippen molar-refractivity contribution in [2.45, 2.75) is 13.0 Å². The minimum absolute atomic E-state index is 0.213. The van der Waals surface area contributed by atoms with Gasteiger partial charge < -0.3 is 19.5 Å². The number of hydrogen-bond donors (Lipinski definition) is 1. The van der Waals surface area contributed by atoms with Crippen molar-refractivity contribution in [2.24, 2.45) is 0 Å².